The molecule has 0 spiro atoms. The van der Waals surface area contributed by atoms with Gasteiger partial charge in [0.05, 0.1) is 28.4 Å². The molecule has 1 fully saturated rings. The number of para-hydroxylation sites is 1. The van der Waals surface area contributed by atoms with Crippen molar-refractivity contribution >= 4 is 43.8 Å². The van der Waals surface area contributed by atoms with Gasteiger partial charge in [0.25, 0.3) is 0 Å². The van der Waals surface area contributed by atoms with E-state index in [1.807, 2.05) is 18.2 Å². The standard InChI is InChI=1S/C22H22N4OS2/c23-12-15-14-6-1-3-9-18(14)28-21(15)25-20(27)13-26-11-5-8-17(26)22-24-16-7-2-4-10-19(16)29-22/h2,4,7,10,17H,1,3,5-6,8-9,11,13H2,(H,25,27)/t17-/m0/s1. The van der Waals surface area contributed by atoms with E-state index in [2.05, 4.69) is 22.4 Å². The van der Waals surface area contributed by atoms with Gasteiger partial charge in [-0.15, -0.1) is 22.7 Å². The van der Waals surface area contributed by atoms with E-state index in [-0.39, 0.29) is 11.9 Å². The molecule has 1 atom stereocenters. The van der Waals surface area contributed by atoms with E-state index < -0.39 is 0 Å². The lowest BCUT2D eigenvalue weighted by Crippen LogP contribution is -2.32. The molecule has 1 amide bonds. The summed E-state index contributed by atoms with van der Waals surface area (Å²) in [6.45, 7) is 1.24. The van der Waals surface area contributed by atoms with Crippen LogP contribution in [-0.2, 0) is 17.6 Å². The number of thiazole rings is 1. The van der Waals surface area contributed by atoms with Crippen molar-refractivity contribution < 1.29 is 4.79 Å². The lowest BCUT2D eigenvalue weighted by molar-refractivity contribution is -0.117. The molecule has 1 aliphatic carbocycles. The number of nitriles is 1. The number of anilines is 1. The quantitative estimate of drug-likeness (QED) is 0.650. The highest BCUT2D eigenvalue weighted by Gasteiger charge is 2.30. The molecule has 0 unspecified atom stereocenters. The fraction of sp³-hybridized carbons (Fsp3) is 0.409. The van der Waals surface area contributed by atoms with Crippen molar-refractivity contribution in [2.75, 3.05) is 18.4 Å². The van der Waals surface area contributed by atoms with Gasteiger partial charge in [-0.2, -0.15) is 5.26 Å². The number of nitrogens with zero attached hydrogens (tertiary/aromatic N) is 3. The van der Waals surface area contributed by atoms with Crippen LogP contribution in [0.1, 0.15) is 52.7 Å². The molecule has 1 aromatic carbocycles. The van der Waals surface area contributed by atoms with Gasteiger partial charge in [0.2, 0.25) is 5.91 Å². The SMILES string of the molecule is N#Cc1c(NC(=O)CN2CCC[C@H]2c2nc3ccccc3s2)sc2c1CCCC2. The van der Waals surface area contributed by atoms with Gasteiger partial charge in [-0.25, -0.2) is 4.98 Å². The molecule has 2 aliphatic rings. The normalized spacial score (nSPS) is 19.2. The summed E-state index contributed by atoms with van der Waals surface area (Å²) in [6, 6.07) is 10.7. The van der Waals surface area contributed by atoms with E-state index in [9.17, 15) is 10.1 Å². The van der Waals surface area contributed by atoms with Gasteiger partial charge in [0.1, 0.15) is 16.1 Å². The molecule has 5 rings (SSSR count). The van der Waals surface area contributed by atoms with Gasteiger partial charge in [-0.1, -0.05) is 12.1 Å². The number of carbonyl (C=O) groups excluding carboxylic acids is 1. The summed E-state index contributed by atoms with van der Waals surface area (Å²) in [5.74, 6) is -0.0342. The van der Waals surface area contributed by atoms with Crippen LogP contribution >= 0.6 is 22.7 Å². The highest BCUT2D eigenvalue weighted by Crippen LogP contribution is 2.38. The molecule has 0 radical (unpaired) electrons. The Balaban J connectivity index is 1.31. The predicted molar refractivity (Wildman–Crippen MR) is 117 cm³/mol. The van der Waals surface area contributed by atoms with Gasteiger partial charge in [-0.05, 0) is 62.8 Å². The van der Waals surface area contributed by atoms with E-state index in [1.54, 1.807) is 22.7 Å². The highest BCUT2D eigenvalue weighted by molar-refractivity contribution is 7.18. The van der Waals surface area contributed by atoms with Crippen molar-refractivity contribution in [1.82, 2.24) is 9.88 Å². The number of fused-ring (bicyclic) bond motifs is 2. The van der Waals surface area contributed by atoms with Crippen LogP contribution in [0.2, 0.25) is 0 Å². The van der Waals surface area contributed by atoms with Crippen LogP contribution < -0.4 is 5.32 Å². The minimum absolute atomic E-state index is 0.0342. The minimum Gasteiger partial charge on any atom is -0.315 e. The number of aryl methyl sites for hydroxylation is 1. The molecule has 1 aliphatic heterocycles. The van der Waals surface area contributed by atoms with Crippen molar-refractivity contribution in [1.29, 1.82) is 5.26 Å². The van der Waals surface area contributed by atoms with Gasteiger partial charge >= 0.3 is 0 Å². The van der Waals surface area contributed by atoms with E-state index in [4.69, 9.17) is 4.98 Å². The predicted octanol–water partition coefficient (Wildman–Crippen LogP) is 4.88. The third-order valence-corrected chi connectivity index (χ3v) is 8.19. The van der Waals surface area contributed by atoms with Crippen LogP contribution in [0, 0.1) is 11.3 Å². The molecule has 3 heterocycles. The molecule has 148 valence electrons. The molecule has 1 N–H and O–H groups in total. The molecule has 5 nitrogen and oxygen atoms in total. The van der Waals surface area contributed by atoms with Crippen LogP contribution in [-0.4, -0.2) is 28.9 Å². The summed E-state index contributed by atoms with van der Waals surface area (Å²) < 4.78 is 1.20. The summed E-state index contributed by atoms with van der Waals surface area (Å²) in [5.41, 5.74) is 2.88. The maximum absolute atomic E-state index is 12.8. The maximum atomic E-state index is 12.8. The van der Waals surface area contributed by atoms with E-state index in [0.717, 1.165) is 59.7 Å². The van der Waals surface area contributed by atoms with Gasteiger partial charge in [0, 0.05) is 4.88 Å². The topological polar surface area (TPSA) is 69.0 Å². The number of amides is 1. The summed E-state index contributed by atoms with van der Waals surface area (Å²) in [7, 11) is 0. The zero-order valence-corrected chi connectivity index (χ0v) is 17.7. The number of likely N-dealkylation sites (tertiary alicyclic amines) is 1. The minimum atomic E-state index is -0.0342. The Morgan fingerprint density at radius 2 is 2.10 bits per heavy atom. The smallest absolute Gasteiger partial charge is 0.239 e. The third-order valence-electron chi connectivity index (χ3n) is 5.84. The molecule has 0 bridgehead atoms. The number of hydrogen-bond acceptors (Lipinski definition) is 6. The number of carbonyl (C=O) groups is 1. The Morgan fingerprint density at radius 3 is 2.97 bits per heavy atom. The van der Waals surface area contributed by atoms with E-state index in [0.29, 0.717) is 12.1 Å². The first-order valence-corrected chi connectivity index (χ1v) is 11.8. The number of rotatable bonds is 4. The Kier molecular flexibility index (Phi) is 5.08. The van der Waals surface area contributed by atoms with Crippen molar-refractivity contribution in [3.05, 3.63) is 45.3 Å². The fourth-order valence-electron chi connectivity index (χ4n) is 4.45. The van der Waals surface area contributed by atoms with Crippen molar-refractivity contribution in [2.45, 2.75) is 44.6 Å². The molecule has 29 heavy (non-hydrogen) atoms. The monoisotopic (exact) mass is 422 g/mol. The lowest BCUT2D eigenvalue weighted by atomic mass is 9.96. The Labute approximate surface area is 178 Å². The van der Waals surface area contributed by atoms with E-state index >= 15 is 0 Å². The number of hydrogen-bond donors (Lipinski definition) is 1. The summed E-state index contributed by atoms with van der Waals surface area (Å²) in [4.78, 5) is 21.1. The lowest BCUT2D eigenvalue weighted by Gasteiger charge is -2.21. The maximum Gasteiger partial charge on any atom is 0.239 e. The first kappa shape index (κ1) is 18.7. The van der Waals surface area contributed by atoms with Crippen molar-refractivity contribution in [2.24, 2.45) is 0 Å². The number of nitrogens with one attached hydrogen (secondary N) is 1. The first-order chi connectivity index (χ1) is 14.2. The van der Waals surface area contributed by atoms with Gasteiger partial charge < -0.3 is 5.32 Å². The number of thiophene rings is 1. The number of benzene rings is 1. The Morgan fingerprint density at radius 1 is 1.24 bits per heavy atom. The van der Waals surface area contributed by atoms with Crippen LogP contribution in [0.25, 0.3) is 10.2 Å². The molecule has 0 saturated carbocycles. The molecule has 3 aromatic rings. The molecule has 1 saturated heterocycles. The summed E-state index contributed by atoms with van der Waals surface area (Å²) in [6.07, 6.45) is 6.38. The average Bonchev–Trinajstić information content (AvgIpc) is 3.43. The van der Waals surface area contributed by atoms with Gasteiger partial charge in [-0.3, -0.25) is 9.69 Å². The molecule has 2 aromatic heterocycles. The van der Waals surface area contributed by atoms with Gasteiger partial charge in [0.15, 0.2) is 0 Å². The number of aromatic nitrogens is 1. The summed E-state index contributed by atoms with van der Waals surface area (Å²) >= 11 is 3.32. The Hall–Kier alpha value is -2.27. The van der Waals surface area contributed by atoms with E-state index in [1.165, 1.54) is 16.0 Å². The van der Waals surface area contributed by atoms with Crippen molar-refractivity contribution in [3.63, 3.8) is 0 Å². The fourth-order valence-corrected chi connectivity index (χ4v) is 6.84. The average molecular weight is 423 g/mol. The summed E-state index contributed by atoms with van der Waals surface area (Å²) in [5, 5.41) is 14.5. The Bertz CT molecular complexity index is 1080. The zero-order valence-electron chi connectivity index (χ0n) is 16.1. The largest absolute Gasteiger partial charge is 0.315 e. The zero-order chi connectivity index (χ0) is 19.8. The molecular formula is C22H22N4OS2. The first-order valence-electron chi connectivity index (χ1n) is 10.2. The highest BCUT2D eigenvalue weighted by atomic mass is 32.1. The molecular weight excluding hydrogens is 400 g/mol. The second-order valence-corrected chi connectivity index (χ2v) is 9.89. The van der Waals surface area contributed by atoms with Crippen LogP contribution in [0.15, 0.2) is 24.3 Å². The second-order valence-electron chi connectivity index (χ2n) is 7.72. The van der Waals surface area contributed by atoms with Crippen molar-refractivity contribution in [3.8, 4) is 6.07 Å². The van der Waals surface area contributed by atoms with Crippen LogP contribution in [0.5, 0.6) is 0 Å². The molecule has 7 heteroatoms. The van der Waals surface area contributed by atoms with Crippen LogP contribution in [0.4, 0.5) is 5.00 Å². The van der Waals surface area contributed by atoms with Crippen LogP contribution in [0.3, 0.4) is 0 Å². The third kappa shape index (κ3) is 3.57. The second kappa shape index (κ2) is 7.86.